The van der Waals surface area contributed by atoms with Crippen LogP contribution in [0.5, 0.6) is 11.6 Å². The average Bonchev–Trinajstić information content (AvgIpc) is 3.33. The molecule has 0 aliphatic carbocycles. The molecule has 1 aliphatic heterocycles. The van der Waals surface area contributed by atoms with E-state index in [4.69, 9.17) is 9.26 Å². The quantitative estimate of drug-likeness (QED) is 0.192. The Bertz CT molecular complexity index is 1670. The SMILES string of the molecule is Cc1cc(CS(=O)(=O)Nc2c(F)cc(Oc3ncccc3-c3ccnc(N[C@@H]4CNC[C@@H](F)C4)n3)c(F)c2F)no1. The lowest BCUT2D eigenvalue weighted by molar-refractivity contribution is 0.254. The summed E-state index contributed by atoms with van der Waals surface area (Å²) < 4.78 is 95.2. The molecule has 0 unspecified atom stereocenters. The van der Waals surface area contributed by atoms with Crippen molar-refractivity contribution in [3.63, 3.8) is 0 Å². The first-order chi connectivity index (χ1) is 19.6. The number of aromatic nitrogens is 4. The Morgan fingerprint density at radius 3 is 2.71 bits per heavy atom. The molecule has 1 saturated heterocycles. The molecule has 1 aromatic carbocycles. The molecule has 4 aromatic rings. The van der Waals surface area contributed by atoms with Crippen LogP contribution in [0.1, 0.15) is 17.9 Å². The lowest BCUT2D eigenvalue weighted by Crippen LogP contribution is -2.44. The van der Waals surface area contributed by atoms with Crippen molar-refractivity contribution >= 4 is 21.7 Å². The van der Waals surface area contributed by atoms with Crippen molar-refractivity contribution < 1.29 is 35.2 Å². The topological polar surface area (TPSA) is 144 Å². The lowest BCUT2D eigenvalue weighted by atomic mass is 10.1. The van der Waals surface area contributed by atoms with E-state index in [0.717, 1.165) is 0 Å². The zero-order valence-corrected chi connectivity index (χ0v) is 22.2. The van der Waals surface area contributed by atoms with E-state index >= 15 is 0 Å². The fraction of sp³-hybridized carbons (Fsp3) is 0.280. The van der Waals surface area contributed by atoms with E-state index in [1.54, 1.807) is 10.8 Å². The van der Waals surface area contributed by atoms with Crippen LogP contribution in [0.25, 0.3) is 11.3 Å². The number of nitrogens with one attached hydrogen (secondary N) is 3. The molecule has 4 heterocycles. The van der Waals surface area contributed by atoms with Gasteiger partial charge in [-0.3, -0.25) is 4.72 Å². The number of ether oxygens (including phenoxy) is 1. The van der Waals surface area contributed by atoms with Crippen LogP contribution in [0, 0.1) is 24.4 Å². The maximum Gasteiger partial charge on any atom is 0.238 e. The molecule has 5 rings (SSSR count). The van der Waals surface area contributed by atoms with Crippen molar-refractivity contribution in [3.8, 4) is 22.9 Å². The van der Waals surface area contributed by atoms with E-state index in [2.05, 4.69) is 30.7 Å². The fourth-order valence-corrected chi connectivity index (χ4v) is 5.24. The molecular weight excluding hydrogens is 570 g/mol. The van der Waals surface area contributed by atoms with E-state index in [1.165, 1.54) is 37.5 Å². The van der Waals surface area contributed by atoms with E-state index in [0.29, 0.717) is 18.4 Å². The van der Waals surface area contributed by atoms with Crippen LogP contribution >= 0.6 is 0 Å². The normalized spacial score (nSPS) is 17.3. The van der Waals surface area contributed by atoms with Gasteiger partial charge in [-0.05, 0) is 25.1 Å². The number of halogens is 4. The monoisotopic (exact) mass is 593 g/mol. The Morgan fingerprint density at radius 1 is 1.12 bits per heavy atom. The number of sulfonamides is 1. The zero-order valence-electron chi connectivity index (χ0n) is 21.4. The maximum atomic E-state index is 15.0. The molecule has 216 valence electrons. The second kappa shape index (κ2) is 11.7. The number of anilines is 2. The summed E-state index contributed by atoms with van der Waals surface area (Å²) in [6.45, 7) is 2.31. The highest BCUT2D eigenvalue weighted by molar-refractivity contribution is 7.91. The molecule has 0 saturated carbocycles. The van der Waals surface area contributed by atoms with Crippen LogP contribution < -0.4 is 20.1 Å². The number of benzene rings is 1. The van der Waals surface area contributed by atoms with Crippen molar-refractivity contribution in [1.29, 1.82) is 0 Å². The minimum Gasteiger partial charge on any atom is -0.435 e. The van der Waals surface area contributed by atoms with Crippen LogP contribution in [0.4, 0.5) is 29.2 Å². The van der Waals surface area contributed by atoms with Crippen molar-refractivity contribution in [2.24, 2.45) is 0 Å². The summed E-state index contributed by atoms with van der Waals surface area (Å²) in [7, 11) is -4.39. The number of nitrogens with zero attached hydrogens (tertiary/aromatic N) is 4. The van der Waals surface area contributed by atoms with Gasteiger partial charge >= 0.3 is 0 Å². The predicted octanol–water partition coefficient (Wildman–Crippen LogP) is 4.10. The van der Waals surface area contributed by atoms with E-state index in [9.17, 15) is 26.0 Å². The minimum absolute atomic E-state index is 0.0102. The third-order valence-corrected chi connectivity index (χ3v) is 7.13. The van der Waals surface area contributed by atoms with E-state index < -0.39 is 50.8 Å². The molecule has 2 atom stereocenters. The highest BCUT2D eigenvalue weighted by atomic mass is 32.2. The number of hydrogen-bond acceptors (Lipinski definition) is 10. The minimum atomic E-state index is -4.39. The smallest absolute Gasteiger partial charge is 0.238 e. The summed E-state index contributed by atoms with van der Waals surface area (Å²) in [5.41, 5.74) is -0.726. The van der Waals surface area contributed by atoms with Gasteiger partial charge in [-0.2, -0.15) is 4.39 Å². The molecule has 0 bridgehead atoms. The summed E-state index contributed by atoms with van der Waals surface area (Å²) in [5, 5.41) is 9.53. The Kier molecular flexibility index (Phi) is 8.03. The van der Waals surface area contributed by atoms with E-state index in [1.807, 2.05) is 0 Å². The van der Waals surface area contributed by atoms with Gasteiger partial charge in [-0.25, -0.2) is 36.5 Å². The molecule has 0 amide bonds. The molecule has 0 radical (unpaired) electrons. The number of pyridine rings is 1. The number of alkyl halides is 1. The fourth-order valence-electron chi connectivity index (χ4n) is 4.15. The largest absolute Gasteiger partial charge is 0.435 e. The summed E-state index contributed by atoms with van der Waals surface area (Å²) in [6.07, 6.45) is 2.00. The highest BCUT2D eigenvalue weighted by Crippen LogP contribution is 2.36. The Hall–Kier alpha value is -4.31. The van der Waals surface area contributed by atoms with Crippen LogP contribution in [-0.4, -0.2) is 53.8 Å². The van der Waals surface area contributed by atoms with Gasteiger partial charge < -0.3 is 19.9 Å². The Labute approximate surface area is 231 Å². The average molecular weight is 594 g/mol. The molecule has 11 nitrogen and oxygen atoms in total. The third kappa shape index (κ3) is 6.71. The Balaban J connectivity index is 1.38. The first kappa shape index (κ1) is 28.2. The van der Waals surface area contributed by atoms with Crippen molar-refractivity contribution in [3.05, 3.63) is 71.6 Å². The van der Waals surface area contributed by atoms with Gasteiger partial charge in [0.1, 0.15) is 29.1 Å². The van der Waals surface area contributed by atoms with Crippen LogP contribution in [0.2, 0.25) is 0 Å². The molecular formula is C25H23F4N7O4S. The van der Waals surface area contributed by atoms with Gasteiger partial charge in [0.2, 0.25) is 27.7 Å². The van der Waals surface area contributed by atoms with Gasteiger partial charge in [0.05, 0.1) is 11.3 Å². The first-order valence-electron chi connectivity index (χ1n) is 12.3. The maximum absolute atomic E-state index is 15.0. The second-order valence-corrected chi connectivity index (χ2v) is 10.9. The second-order valence-electron chi connectivity index (χ2n) is 9.21. The Morgan fingerprint density at radius 2 is 1.95 bits per heavy atom. The lowest BCUT2D eigenvalue weighted by Gasteiger charge is -2.26. The van der Waals surface area contributed by atoms with Crippen molar-refractivity contribution in [2.75, 3.05) is 23.1 Å². The predicted molar refractivity (Wildman–Crippen MR) is 139 cm³/mol. The molecule has 3 N–H and O–H groups in total. The summed E-state index contributed by atoms with van der Waals surface area (Å²) >= 11 is 0. The zero-order chi connectivity index (χ0) is 29.1. The molecule has 0 spiro atoms. The van der Waals surface area contributed by atoms with Crippen LogP contribution in [-0.2, 0) is 15.8 Å². The number of hydrogen-bond donors (Lipinski definition) is 3. The van der Waals surface area contributed by atoms with Crippen LogP contribution in [0.3, 0.4) is 0 Å². The van der Waals surface area contributed by atoms with Gasteiger partial charge in [-0.15, -0.1) is 0 Å². The molecule has 16 heteroatoms. The molecule has 1 aliphatic rings. The van der Waals surface area contributed by atoms with Crippen molar-refractivity contribution in [2.45, 2.75) is 31.3 Å². The number of rotatable bonds is 9. The standard InChI is InChI=1S/C25H23F4N7O4S/c1-13-7-16(35-40-13)12-41(37,38)36-23-18(27)9-20(21(28)22(23)29)39-24-17(3-2-5-31-24)19-4-6-32-25(34-19)33-15-8-14(26)10-30-11-15/h2-7,9,14-15,30,36H,8,10-12H2,1H3,(H,32,33,34)/t14-,15-/m0/s1. The molecule has 41 heavy (non-hydrogen) atoms. The van der Waals surface area contributed by atoms with E-state index in [-0.39, 0.29) is 47.8 Å². The van der Waals surface area contributed by atoms with Gasteiger partial charge in [0, 0.05) is 50.1 Å². The third-order valence-electron chi connectivity index (χ3n) is 5.94. The number of piperidine rings is 1. The van der Waals surface area contributed by atoms with Gasteiger partial charge in [-0.1, -0.05) is 5.16 Å². The molecule has 3 aromatic heterocycles. The summed E-state index contributed by atoms with van der Waals surface area (Å²) in [5.74, 6) is -6.28. The summed E-state index contributed by atoms with van der Waals surface area (Å²) in [4.78, 5) is 12.6. The summed E-state index contributed by atoms with van der Waals surface area (Å²) in [6, 6.07) is 6.16. The first-order valence-corrected chi connectivity index (χ1v) is 13.9. The van der Waals surface area contributed by atoms with Gasteiger partial charge in [0.15, 0.2) is 17.4 Å². The number of aryl methyl sites for hydroxylation is 1. The van der Waals surface area contributed by atoms with Gasteiger partial charge in [0.25, 0.3) is 0 Å². The molecule has 1 fully saturated rings. The van der Waals surface area contributed by atoms with Crippen LogP contribution in [0.15, 0.2) is 47.2 Å². The van der Waals surface area contributed by atoms with Crippen molar-refractivity contribution in [1.82, 2.24) is 25.4 Å². The highest BCUT2D eigenvalue weighted by Gasteiger charge is 2.26.